The summed E-state index contributed by atoms with van der Waals surface area (Å²) in [6, 6.07) is 0. The van der Waals surface area contributed by atoms with Crippen LogP contribution in [0.1, 0.15) is 6.92 Å². The van der Waals surface area contributed by atoms with E-state index in [1.54, 1.807) is 6.92 Å². The molecule has 0 saturated heterocycles. The summed E-state index contributed by atoms with van der Waals surface area (Å²) in [5.41, 5.74) is 0.398. The summed E-state index contributed by atoms with van der Waals surface area (Å²) in [5, 5.41) is 8.37. The first-order valence-corrected chi connectivity index (χ1v) is 3.74. The van der Waals surface area contributed by atoms with Gasteiger partial charge in [-0.25, -0.2) is 4.39 Å². The van der Waals surface area contributed by atoms with Crippen LogP contribution in [0.25, 0.3) is 0 Å². The van der Waals surface area contributed by atoms with Crippen LogP contribution in [0.15, 0.2) is 16.8 Å². The van der Waals surface area contributed by atoms with Crippen molar-refractivity contribution in [2.45, 2.75) is 13.1 Å². The number of aliphatic hydroxyl groups is 1. The third kappa shape index (κ3) is 2.18. The first-order valence-electron chi connectivity index (χ1n) is 3.74. The Morgan fingerprint density at radius 1 is 1.75 bits per heavy atom. The largest absolute Gasteiger partial charge is 0.384 e. The molecule has 1 aliphatic heterocycles. The zero-order chi connectivity index (χ0) is 8.97. The highest BCUT2D eigenvalue weighted by Crippen LogP contribution is 2.14. The van der Waals surface area contributed by atoms with E-state index in [4.69, 9.17) is 5.11 Å². The SMILES string of the molecule is CC1C=NC(C#CCO)=CC1F. The molecule has 1 N–H and O–H groups in total. The zero-order valence-electron chi connectivity index (χ0n) is 6.79. The van der Waals surface area contributed by atoms with Gasteiger partial charge in [0.1, 0.15) is 18.5 Å². The van der Waals surface area contributed by atoms with Crippen molar-refractivity contribution >= 4 is 6.21 Å². The fraction of sp³-hybridized carbons (Fsp3) is 0.444. The normalized spacial score (nSPS) is 27.4. The van der Waals surface area contributed by atoms with E-state index in [-0.39, 0.29) is 12.5 Å². The third-order valence-electron chi connectivity index (χ3n) is 1.56. The van der Waals surface area contributed by atoms with Gasteiger partial charge in [0.2, 0.25) is 0 Å². The lowest BCUT2D eigenvalue weighted by Crippen LogP contribution is -2.15. The van der Waals surface area contributed by atoms with E-state index in [2.05, 4.69) is 16.8 Å². The molecule has 2 nitrogen and oxygen atoms in total. The van der Waals surface area contributed by atoms with Crippen LogP contribution >= 0.6 is 0 Å². The van der Waals surface area contributed by atoms with E-state index in [0.29, 0.717) is 5.70 Å². The van der Waals surface area contributed by atoms with E-state index in [9.17, 15) is 4.39 Å². The molecule has 2 unspecified atom stereocenters. The number of hydrogen-bond acceptors (Lipinski definition) is 2. The first-order chi connectivity index (χ1) is 5.74. The fourth-order valence-electron chi connectivity index (χ4n) is 0.830. The molecule has 0 aromatic carbocycles. The summed E-state index contributed by atoms with van der Waals surface area (Å²) in [4.78, 5) is 3.91. The molecule has 0 spiro atoms. The monoisotopic (exact) mass is 167 g/mol. The lowest BCUT2D eigenvalue weighted by atomic mass is 10.0. The maximum atomic E-state index is 13.0. The van der Waals surface area contributed by atoms with Crippen LogP contribution in [-0.2, 0) is 0 Å². The van der Waals surface area contributed by atoms with Gasteiger partial charge in [-0.3, -0.25) is 4.99 Å². The molecule has 0 radical (unpaired) electrons. The van der Waals surface area contributed by atoms with Crippen LogP contribution in [-0.4, -0.2) is 24.1 Å². The van der Waals surface area contributed by atoms with Crippen molar-refractivity contribution in [3.05, 3.63) is 11.8 Å². The molecule has 1 heterocycles. The van der Waals surface area contributed by atoms with Crippen molar-refractivity contribution in [2.75, 3.05) is 6.61 Å². The average Bonchev–Trinajstić information content (AvgIpc) is 2.07. The Labute approximate surface area is 70.8 Å². The minimum atomic E-state index is -1.01. The Morgan fingerprint density at radius 3 is 3.08 bits per heavy atom. The third-order valence-corrected chi connectivity index (χ3v) is 1.56. The van der Waals surface area contributed by atoms with Gasteiger partial charge in [0.05, 0.1) is 0 Å². The standard InChI is InChI=1S/C9H10FNO/c1-7-6-11-8(3-2-4-12)5-9(7)10/h5-7,9,12H,4H2,1H3. The van der Waals surface area contributed by atoms with Crippen LogP contribution in [0.3, 0.4) is 0 Å². The van der Waals surface area contributed by atoms with Gasteiger partial charge in [-0.05, 0) is 12.0 Å². The minimum absolute atomic E-state index is 0.176. The summed E-state index contributed by atoms with van der Waals surface area (Å²) in [6.45, 7) is 1.53. The zero-order valence-corrected chi connectivity index (χ0v) is 6.79. The van der Waals surface area contributed by atoms with Gasteiger partial charge in [0, 0.05) is 12.1 Å². The number of allylic oxidation sites excluding steroid dienone is 2. The molecule has 0 aromatic heterocycles. The molecule has 0 saturated carbocycles. The van der Waals surface area contributed by atoms with Crippen LogP contribution in [0, 0.1) is 17.8 Å². The lowest BCUT2D eigenvalue weighted by molar-refractivity contribution is 0.348. The summed E-state index contributed by atoms with van der Waals surface area (Å²) < 4.78 is 13.0. The van der Waals surface area contributed by atoms with E-state index in [1.807, 2.05) is 0 Å². The van der Waals surface area contributed by atoms with Gasteiger partial charge >= 0.3 is 0 Å². The number of hydrogen-bond donors (Lipinski definition) is 1. The van der Waals surface area contributed by atoms with Crippen molar-refractivity contribution in [3.8, 4) is 11.8 Å². The molecule has 1 rings (SSSR count). The number of alkyl halides is 1. The Kier molecular flexibility index (Phi) is 3.01. The van der Waals surface area contributed by atoms with Gasteiger partial charge in [0.15, 0.2) is 0 Å². The fourth-order valence-corrected chi connectivity index (χ4v) is 0.830. The van der Waals surface area contributed by atoms with E-state index in [1.165, 1.54) is 12.3 Å². The Balaban J connectivity index is 2.69. The highest BCUT2D eigenvalue weighted by atomic mass is 19.1. The molecule has 0 aromatic rings. The Hall–Kier alpha value is -1.14. The first kappa shape index (κ1) is 8.95. The molecule has 0 aliphatic carbocycles. The van der Waals surface area contributed by atoms with E-state index in [0.717, 1.165) is 0 Å². The van der Waals surface area contributed by atoms with Crippen molar-refractivity contribution in [3.63, 3.8) is 0 Å². The smallest absolute Gasteiger partial charge is 0.129 e. The van der Waals surface area contributed by atoms with Crippen molar-refractivity contribution in [1.82, 2.24) is 0 Å². The summed E-state index contributed by atoms with van der Waals surface area (Å²) in [6.07, 6.45) is 1.89. The molecule has 0 amide bonds. The second kappa shape index (κ2) is 4.03. The number of rotatable bonds is 0. The van der Waals surface area contributed by atoms with Crippen LogP contribution in [0.2, 0.25) is 0 Å². The maximum absolute atomic E-state index is 13.0. The maximum Gasteiger partial charge on any atom is 0.129 e. The van der Waals surface area contributed by atoms with Crippen molar-refractivity contribution in [1.29, 1.82) is 0 Å². The van der Waals surface area contributed by atoms with E-state index < -0.39 is 6.17 Å². The second-order valence-electron chi connectivity index (χ2n) is 2.59. The highest BCUT2D eigenvalue weighted by Gasteiger charge is 2.15. The predicted molar refractivity (Wildman–Crippen MR) is 45.5 cm³/mol. The Bertz CT molecular complexity index is 272. The molecule has 2 atom stereocenters. The van der Waals surface area contributed by atoms with Crippen molar-refractivity contribution in [2.24, 2.45) is 10.9 Å². The molecule has 64 valence electrons. The molecular weight excluding hydrogens is 157 g/mol. The number of halogens is 1. The van der Waals surface area contributed by atoms with Gasteiger partial charge in [-0.2, -0.15) is 0 Å². The second-order valence-corrected chi connectivity index (χ2v) is 2.59. The minimum Gasteiger partial charge on any atom is -0.384 e. The molecule has 0 fully saturated rings. The predicted octanol–water partition coefficient (Wildman–Crippen LogP) is 0.925. The summed E-state index contributed by atoms with van der Waals surface area (Å²) >= 11 is 0. The van der Waals surface area contributed by atoms with Crippen LogP contribution in [0.4, 0.5) is 4.39 Å². The number of aliphatic hydroxyl groups excluding tert-OH is 1. The van der Waals surface area contributed by atoms with E-state index >= 15 is 0 Å². The average molecular weight is 167 g/mol. The van der Waals surface area contributed by atoms with Gasteiger partial charge in [-0.15, -0.1) is 0 Å². The molecular formula is C9H10FNO. The quantitative estimate of drug-likeness (QED) is 0.535. The van der Waals surface area contributed by atoms with Gasteiger partial charge in [0.25, 0.3) is 0 Å². The Morgan fingerprint density at radius 2 is 2.50 bits per heavy atom. The summed E-state index contributed by atoms with van der Waals surface area (Å²) in [7, 11) is 0. The summed E-state index contributed by atoms with van der Waals surface area (Å²) in [5.74, 6) is 4.78. The molecule has 1 aliphatic rings. The lowest BCUT2D eigenvalue weighted by Gasteiger charge is -2.11. The van der Waals surface area contributed by atoms with Crippen molar-refractivity contribution < 1.29 is 9.50 Å². The van der Waals surface area contributed by atoms with Gasteiger partial charge in [-0.1, -0.05) is 12.8 Å². The van der Waals surface area contributed by atoms with Crippen LogP contribution < -0.4 is 0 Å². The molecule has 0 bridgehead atoms. The van der Waals surface area contributed by atoms with Crippen LogP contribution in [0.5, 0.6) is 0 Å². The van der Waals surface area contributed by atoms with Gasteiger partial charge < -0.3 is 5.11 Å². The molecule has 3 heteroatoms. The molecule has 12 heavy (non-hydrogen) atoms. The topological polar surface area (TPSA) is 32.6 Å². The number of nitrogens with zero attached hydrogens (tertiary/aromatic N) is 1. The number of aliphatic imine (C=N–C) groups is 1. The highest BCUT2D eigenvalue weighted by molar-refractivity contribution is 5.66.